The lowest BCUT2D eigenvalue weighted by molar-refractivity contribution is 0.187. The predicted molar refractivity (Wildman–Crippen MR) is 109 cm³/mol. The van der Waals surface area contributed by atoms with E-state index in [4.69, 9.17) is 4.74 Å². The molecule has 6 heteroatoms. The summed E-state index contributed by atoms with van der Waals surface area (Å²) in [6.07, 6.45) is -1.16. The molecule has 0 bridgehead atoms. The van der Waals surface area contributed by atoms with Crippen LogP contribution in [0.4, 0.5) is 21.0 Å². The summed E-state index contributed by atoms with van der Waals surface area (Å²) in [5, 5.41) is 5.16. The number of aryl methyl sites for hydroxylation is 1. The van der Waals surface area contributed by atoms with E-state index < -0.39 is 12.2 Å². The summed E-state index contributed by atoms with van der Waals surface area (Å²) in [6, 6.07) is 22.1. The summed E-state index contributed by atoms with van der Waals surface area (Å²) in [5.41, 5.74) is 4.44. The van der Waals surface area contributed by atoms with Crippen molar-refractivity contribution in [1.29, 1.82) is 0 Å². The lowest BCUT2D eigenvalue weighted by atomic mass is 10.0. The van der Waals surface area contributed by atoms with Gasteiger partial charge in [0, 0.05) is 11.4 Å². The van der Waals surface area contributed by atoms with Gasteiger partial charge in [-0.05, 0) is 54.4 Å². The van der Waals surface area contributed by atoms with Crippen molar-refractivity contribution in [2.24, 2.45) is 0 Å². The Bertz CT molecular complexity index is 949. The molecule has 6 nitrogen and oxygen atoms in total. The van der Waals surface area contributed by atoms with Gasteiger partial charge < -0.3 is 9.47 Å². The predicted octanol–water partition coefficient (Wildman–Crippen LogP) is 5.45. The van der Waals surface area contributed by atoms with Crippen molar-refractivity contribution in [3.8, 4) is 16.9 Å². The van der Waals surface area contributed by atoms with Crippen LogP contribution in [0.1, 0.15) is 5.56 Å². The minimum absolute atomic E-state index is 0.442. The van der Waals surface area contributed by atoms with Crippen molar-refractivity contribution in [1.82, 2.24) is 0 Å². The van der Waals surface area contributed by atoms with E-state index in [2.05, 4.69) is 39.6 Å². The zero-order valence-corrected chi connectivity index (χ0v) is 15.6. The highest BCUT2D eigenvalue weighted by atomic mass is 16.6. The maximum absolute atomic E-state index is 12.1. The quantitative estimate of drug-likeness (QED) is 0.635. The molecule has 3 aromatic rings. The first-order valence-electron chi connectivity index (χ1n) is 8.64. The first-order chi connectivity index (χ1) is 13.5. The number of anilines is 2. The Morgan fingerprint density at radius 2 is 1.14 bits per heavy atom. The molecule has 0 aliphatic rings. The molecule has 0 spiro atoms. The maximum atomic E-state index is 12.1. The Hall–Kier alpha value is -3.80. The molecule has 0 aliphatic carbocycles. The minimum Gasteiger partial charge on any atom is -0.453 e. The molecule has 0 aromatic heterocycles. The molecule has 28 heavy (non-hydrogen) atoms. The van der Waals surface area contributed by atoms with E-state index >= 15 is 0 Å². The number of nitrogens with one attached hydrogen (secondary N) is 2. The lowest BCUT2D eigenvalue weighted by Crippen LogP contribution is -2.16. The van der Waals surface area contributed by atoms with Gasteiger partial charge in [-0.3, -0.25) is 10.6 Å². The molecule has 0 aliphatic heterocycles. The van der Waals surface area contributed by atoms with Gasteiger partial charge in [-0.15, -0.1) is 0 Å². The van der Waals surface area contributed by atoms with E-state index in [-0.39, 0.29) is 0 Å². The average molecular weight is 376 g/mol. The summed E-state index contributed by atoms with van der Waals surface area (Å²) in [6.45, 7) is 2.04. The fraction of sp³-hybridized carbons (Fsp3) is 0.0909. The zero-order chi connectivity index (χ0) is 19.9. The third-order valence-corrected chi connectivity index (χ3v) is 4.01. The van der Waals surface area contributed by atoms with Crippen LogP contribution >= 0.6 is 0 Å². The molecule has 0 radical (unpaired) electrons. The minimum atomic E-state index is -0.600. The van der Waals surface area contributed by atoms with Gasteiger partial charge in [0.15, 0.2) is 0 Å². The number of methoxy groups -OCH3 is 1. The van der Waals surface area contributed by atoms with Crippen LogP contribution in [0.3, 0.4) is 0 Å². The average Bonchev–Trinajstić information content (AvgIpc) is 2.70. The van der Waals surface area contributed by atoms with Gasteiger partial charge in [0.25, 0.3) is 0 Å². The zero-order valence-electron chi connectivity index (χ0n) is 15.6. The number of carbonyl (C=O) groups is 2. The van der Waals surface area contributed by atoms with Gasteiger partial charge in [-0.2, -0.15) is 0 Å². The Morgan fingerprint density at radius 1 is 0.679 bits per heavy atom. The number of ether oxygens (including phenoxy) is 2. The van der Waals surface area contributed by atoms with E-state index in [0.29, 0.717) is 17.1 Å². The number of rotatable bonds is 4. The third kappa shape index (κ3) is 5.11. The van der Waals surface area contributed by atoms with E-state index in [1.54, 1.807) is 36.4 Å². The standard InChI is InChI=1S/C22H20N2O4/c1-15-3-5-16(6-4-15)17-7-13-20(14-8-17)28-22(26)24-19-11-9-18(10-12-19)23-21(25)27-2/h3-14H,1-2H3,(H,23,25)(H,24,26). The largest absolute Gasteiger partial charge is 0.453 e. The number of hydrogen-bond acceptors (Lipinski definition) is 4. The lowest BCUT2D eigenvalue weighted by Gasteiger charge is -2.09. The molecule has 3 rings (SSSR count). The topological polar surface area (TPSA) is 76.7 Å². The molecule has 2 amide bonds. The third-order valence-electron chi connectivity index (χ3n) is 4.01. The number of carbonyl (C=O) groups excluding carboxylic acids is 2. The van der Waals surface area contributed by atoms with Crippen LogP contribution < -0.4 is 15.4 Å². The van der Waals surface area contributed by atoms with Gasteiger partial charge >= 0.3 is 12.2 Å². The second-order valence-electron chi connectivity index (χ2n) is 6.10. The molecule has 0 fully saturated rings. The molecule has 142 valence electrons. The van der Waals surface area contributed by atoms with Crippen LogP contribution in [0.2, 0.25) is 0 Å². The molecular weight excluding hydrogens is 356 g/mol. The van der Waals surface area contributed by atoms with Crippen molar-refractivity contribution in [2.75, 3.05) is 17.7 Å². The monoisotopic (exact) mass is 376 g/mol. The van der Waals surface area contributed by atoms with Gasteiger partial charge in [-0.1, -0.05) is 42.0 Å². The Labute approximate surface area is 163 Å². The second kappa shape index (κ2) is 8.73. The van der Waals surface area contributed by atoms with Crippen molar-refractivity contribution in [2.45, 2.75) is 6.92 Å². The molecule has 0 atom stereocenters. The number of benzene rings is 3. The van der Waals surface area contributed by atoms with Crippen LogP contribution in [0.25, 0.3) is 11.1 Å². The van der Waals surface area contributed by atoms with E-state index in [0.717, 1.165) is 11.1 Å². The summed E-state index contributed by atoms with van der Waals surface area (Å²) in [5.74, 6) is 0.442. The first kappa shape index (κ1) is 19.0. The molecule has 0 saturated heterocycles. The maximum Gasteiger partial charge on any atom is 0.417 e. The Morgan fingerprint density at radius 3 is 1.64 bits per heavy atom. The first-order valence-corrected chi connectivity index (χ1v) is 8.64. The summed E-state index contributed by atoms with van der Waals surface area (Å²) >= 11 is 0. The van der Waals surface area contributed by atoms with Crippen LogP contribution in [0, 0.1) is 6.92 Å². The van der Waals surface area contributed by atoms with Crippen LogP contribution in [-0.2, 0) is 4.74 Å². The summed E-state index contributed by atoms with van der Waals surface area (Å²) in [4.78, 5) is 23.2. The van der Waals surface area contributed by atoms with Crippen molar-refractivity contribution in [3.05, 3.63) is 78.4 Å². The Balaban J connectivity index is 1.57. The van der Waals surface area contributed by atoms with Crippen LogP contribution in [0.5, 0.6) is 5.75 Å². The molecule has 2 N–H and O–H groups in total. The summed E-state index contributed by atoms with van der Waals surface area (Å²) in [7, 11) is 1.29. The van der Waals surface area contributed by atoms with Crippen molar-refractivity contribution < 1.29 is 19.1 Å². The van der Waals surface area contributed by atoms with Crippen molar-refractivity contribution in [3.63, 3.8) is 0 Å². The van der Waals surface area contributed by atoms with Gasteiger partial charge in [-0.25, -0.2) is 9.59 Å². The normalized spacial score (nSPS) is 10.1. The van der Waals surface area contributed by atoms with Crippen LogP contribution in [0.15, 0.2) is 72.8 Å². The fourth-order valence-corrected chi connectivity index (χ4v) is 2.52. The number of amides is 2. The molecule has 0 unspecified atom stereocenters. The van der Waals surface area contributed by atoms with E-state index in [9.17, 15) is 9.59 Å². The number of hydrogen-bond donors (Lipinski definition) is 2. The highest BCUT2D eigenvalue weighted by Crippen LogP contribution is 2.23. The highest BCUT2D eigenvalue weighted by molar-refractivity contribution is 5.88. The van der Waals surface area contributed by atoms with Crippen LogP contribution in [-0.4, -0.2) is 19.3 Å². The second-order valence-corrected chi connectivity index (χ2v) is 6.10. The van der Waals surface area contributed by atoms with E-state index in [1.165, 1.54) is 12.7 Å². The SMILES string of the molecule is COC(=O)Nc1ccc(NC(=O)Oc2ccc(-c3ccc(C)cc3)cc2)cc1. The molecule has 0 heterocycles. The smallest absolute Gasteiger partial charge is 0.417 e. The van der Waals surface area contributed by atoms with Crippen molar-refractivity contribution >= 4 is 23.6 Å². The van der Waals surface area contributed by atoms with Gasteiger partial charge in [0.1, 0.15) is 5.75 Å². The summed E-state index contributed by atoms with van der Waals surface area (Å²) < 4.78 is 9.82. The molecule has 3 aromatic carbocycles. The Kier molecular flexibility index (Phi) is 5.91. The fourth-order valence-electron chi connectivity index (χ4n) is 2.52. The van der Waals surface area contributed by atoms with Gasteiger partial charge in [0.05, 0.1) is 7.11 Å². The van der Waals surface area contributed by atoms with Gasteiger partial charge in [0.2, 0.25) is 0 Å². The highest BCUT2D eigenvalue weighted by Gasteiger charge is 2.07. The molecular formula is C22H20N2O4. The van der Waals surface area contributed by atoms with E-state index in [1.807, 2.05) is 19.1 Å². The molecule has 0 saturated carbocycles.